The van der Waals surface area contributed by atoms with E-state index in [-0.39, 0.29) is 6.10 Å². The molecule has 1 aromatic rings. The third-order valence-corrected chi connectivity index (χ3v) is 3.05. The van der Waals surface area contributed by atoms with Gasteiger partial charge in [-0.15, -0.1) is 0 Å². The summed E-state index contributed by atoms with van der Waals surface area (Å²) >= 11 is 0. The third kappa shape index (κ3) is 8.73. The van der Waals surface area contributed by atoms with Gasteiger partial charge in [-0.3, -0.25) is 0 Å². The van der Waals surface area contributed by atoms with Crippen molar-refractivity contribution in [1.82, 2.24) is 5.32 Å². The largest absolute Gasteiger partial charge is 0.390 e. The van der Waals surface area contributed by atoms with Gasteiger partial charge in [0.25, 0.3) is 0 Å². The number of benzene rings is 1. The number of hydrogen-bond donors (Lipinski definition) is 1. The molecule has 1 unspecified atom stereocenters. The van der Waals surface area contributed by atoms with Crippen LogP contribution in [0.2, 0.25) is 0 Å². The summed E-state index contributed by atoms with van der Waals surface area (Å²) in [6.45, 7) is 5.13. The van der Waals surface area contributed by atoms with Gasteiger partial charge in [0, 0.05) is 12.6 Å². The van der Waals surface area contributed by atoms with E-state index in [0.717, 1.165) is 12.8 Å². The molecule has 1 N–H and O–H groups in total. The zero-order valence-corrected chi connectivity index (χ0v) is 12.6. The highest BCUT2D eigenvalue weighted by molar-refractivity contribution is 5.19. The van der Waals surface area contributed by atoms with Crippen molar-refractivity contribution in [3.63, 3.8) is 0 Å². The molecule has 0 bridgehead atoms. The number of unbranched alkanes of at least 4 members (excludes halogenated alkanes) is 1. The van der Waals surface area contributed by atoms with E-state index in [2.05, 4.69) is 5.32 Å². The van der Waals surface area contributed by atoms with Crippen LogP contribution >= 0.6 is 0 Å². The second-order valence-corrected chi connectivity index (χ2v) is 5.36. The predicted octanol–water partition coefficient (Wildman–Crippen LogP) is 4.47. The maximum absolute atomic E-state index is 12.7. The zero-order chi connectivity index (χ0) is 15.7. The van der Waals surface area contributed by atoms with Gasteiger partial charge in [-0.1, -0.05) is 30.3 Å². The molecule has 0 aliphatic heterocycles. The second-order valence-electron chi connectivity index (χ2n) is 5.36. The molecule has 0 aromatic heterocycles. The first-order valence-corrected chi connectivity index (χ1v) is 7.35. The molecule has 0 spiro atoms. The van der Waals surface area contributed by atoms with Crippen LogP contribution < -0.4 is 5.32 Å². The van der Waals surface area contributed by atoms with Crippen LogP contribution in [0.4, 0.5) is 13.2 Å². The molecular weight excluding hydrogens is 279 g/mol. The maximum atomic E-state index is 12.7. The van der Waals surface area contributed by atoms with Crippen LogP contribution in [0.1, 0.15) is 44.7 Å². The average molecular weight is 303 g/mol. The Morgan fingerprint density at radius 2 is 1.76 bits per heavy atom. The molecule has 0 heterocycles. The van der Waals surface area contributed by atoms with Crippen molar-refractivity contribution < 1.29 is 17.9 Å². The lowest BCUT2D eigenvalue weighted by Gasteiger charge is -2.21. The van der Waals surface area contributed by atoms with E-state index in [1.807, 2.05) is 13.8 Å². The van der Waals surface area contributed by atoms with Gasteiger partial charge in [0.05, 0.1) is 12.5 Å². The van der Waals surface area contributed by atoms with Gasteiger partial charge in [0.15, 0.2) is 0 Å². The van der Waals surface area contributed by atoms with Gasteiger partial charge < -0.3 is 10.1 Å². The van der Waals surface area contributed by atoms with Gasteiger partial charge in [-0.25, -0.2) is 0 Å². The molecule has 0 saturated carbocycles. The molecule has 21 heavy (non-hydrogen) atoms. The van der Waals surface area contributed by atoms with Crippen molar-refractivity contribution in [3.8, 4) is 0 Å². The molecule has 0 aliphatic rings. The van der Waals surface area contributed by atoms with Crippen LogP contribution in [0.3, 0.4) is 0 Å². The van der Waals surface area contributed by atoms with Crippen LogP contribution in [0.25, 0.3) is 0 Å². The highest BCUT2D eigenvalue weighted by Gasteiger charge is 2.32. The minimum Gasteiger partial charge on any atom is -0.379 e. The van der Waals surface area contributed by atoms with Crippen molar-refractivity contribution in [2.75, 3.05) is 13.2 Å². The van der Waals surface area contributed by atoms with Gasteiger partial charge in [-0.05, 0) is 38.8 Å². The first-order chi connectivity index (χ1) is 9.88. The lowest BCUT2D eigenvalue weighted by Crippen LogP contribution is -2.27. The molecule has 0 radical (unpaired) electrons. The van der Waals surface area contributed by atoms with E-state index >= 15 is 0 Å². The fraction of sp³-hybridized carbons (Fsp3) is 0.625. The summed E-state index contributed by atoms with van der Waals surface area (Å²) in [5.74, 6) is 0. The van der Waals surface area contributed by atoms with E-state index in [1.54, 1.807) is 30.3 Å². The number of rotatable bonds is 9. The van der Waals surface area contributed by atoms with Gasteiger partial charge in [0.1, 0.15) is 0 Å². The molecule has 1 rings (SSSR count). The number of nitrogens with one attached hydrogen (secondary N) is 1. The van der Waals surface area contributed by atoms with Crippen molar-refractivity contribution in [2.24, 2.45) is 0 Å². The van der Waals surface area contributed by atoms with Crippen molar-refractivity contribution in [3.05, 3.63) is 35.9 Å². The molecule has 0 saturated heterocycles. The van der Waals surface area contributed by atoms with Gasteiger partial charge in [-0.2, -0.15) is 13.2 Å². The molecule has 0 aliphatic carbocycles. The Bertz CT molecular complexity index is 379. The molecule has 5 heteroatoms. The molecule has 2 nitrogen and oxygen atoms in total. The van der Waals surface area contributed by atoms with Crippen LogP contribution in [0.5, 0.6) is 0 Å². The first kappa shape index (κ1) is 18.0. The van der Waals surface area contributed by atoms with Crippen molar-refractivity contribution in [2.45, 2.75) is 51.4 Å². The smallest absolute Gasteiger partial charge is 0.379 e. The summed E-state index contributed by atoms with van der Waals surface area (Å²) in [5, 5.41) is 3.01. The summed E-state index contributed by atoms with van der Waals surface area (Å²) in [7, 11) is 0. The number of hydrogen-bond acceptors (Lipinski definition) is 2. The Labute approximate surface area is 124 Å². The fourth-order valence-corrected chi connectivity index (χ4v) is 2.05. The second kappa shape index (κ2) is 9.05. The molecule has 1 atom stereocenters. The molecular formula is C16H24F3NO. The Morgan fingerprint density at radius 1 is 1.10 bits per heavy atom. The zero-order valence-electron chi connectivity index (χ0n) is 12.6. The van der Waals surface area contributed by atoms with Crippen LogP contribution in [-0.4, -0.2) is 25.4 Å². The van der Waals surface area contributed by atoms with E-state index < -0.39 is 18.6 Å². The van der Waals surface area contributed by atoms with Crippen molar-refractivity contribution in [1.29, 1.82) is 0 Å². The number of ether oxygens (including phenoxy) is 1. The topological polar surface area (TPSA) is 21.3 Å². The summed E-state index contributed by atoms with van der Waals surface area (Å²) < 4.78 is 43.4. The maximum Gasteiger partial charge on any atom is 0.390 e. The summed E-state index contributed by atoms with van der Waals surface area (Å²) in [6.07, 6.45) is -3.18. The van der Waals surface area contributed by atoms with E-state index in [0.29, 0.717) is 18.7 Å². The third-order valence-electron chi connectivity index (χ3n) is 3.05. The highest BCUT2D eigenvalue weighted by atomic mass is 19.4. The molecule has 0 amide bonds. The van der Waals surface area contributed by atoms with Crippen LogP contribution in [-0.2, 0) is 4.74 Å². The molecule has 120 valence electrons. The minimum atomic E-state index is -4.17. The van der Waals surface area contributed by atoms with Crippen molar-refractivity contribution >= 4 is 0 Å². The quantitative estimate of drug-likeness (QED) is 0.679. The van der Waals surface area contributed by atoms with E-state index in [1.165, 1.54) is 0 Å². The normalized spacial score (nSPS) is 13.6. The fourth-order valence-electron chi connectivity index (χ4n) is 2.05. The lowest BCUT2D eigenvalue weighted by molar-refractivity contribution is -0.140. The Morgan fingerprint density at radius 3 is 2.33 bits per heavy atom. The highest BCUT2D eigenvalue weighted by Crippen LogP contribution is 2.29. The summed E-state index contributed by atoms with van der Waals surface area (Å²) in [6, 6.07) is 8.10. The number of halogens is 3. The Balaban J connectivity index is 2.40. The summed E-state index contributed by atoms with van der Waals surface area (Å²) in [5.41, 5.74) is 0.674. The lowest BCUT2D eigenvalue weighted by atomic mass is 10.0. The van der Waals surface area contributed by atoms with E-state index in [4.69, 9.17) is 4.74 Å². The van der Waals surface area contributed by atoms with Gasteiger partial charge >= 0.3 is 6.18 Å². The molecule has 1 aromatic carbocycles. The monoisotopic (exact) mass is 303 g/mol. The Kier molecular flexibility index (Phi) is 7.75. The van der Waals surface area contributed by atoms with E-state index in [9.17, 15) is 13.2 Å². The minimum absolute atomic E-state index is 0.195. The summed E-state index contributed by atoms with van der Waals surface area (Å²) in [4.78, 5) is 0. The number of alkyl halides is 3. The van der Waals surface area contributed by atoms with Gasteiger partial charge in [0.2, 0.25) is 0 Å². The SMILES string of the molecule is CC(C)OCCCCNC(CC(F)(F)F)c1ccccc1. The Hall–Kier alpha value is -1.07. The van der Waals surface area contributed by atoms with Crippen LogP contribution in [0, 0.1) is 0 Å². The standard InChI is InChI=1S/C16H24F3NO/c1-13(2)21-11-7-6-10-20-15(12-16(17,18)19)14-8-4-3-5-9-14/h3-5,8-9,13,15,20H,6-7,10-12H2,1-2H3. The molecule has 0 fully saturated rings. The predicted molar refractivity (Wildman–Crippen MR) is 78.2 cm³/mol. The first-order valence-electron chi connectivity index (χ1n) is 7.35. The van der Waals surface area contributed by atoms with Crippen LogP contribution in [0.15, 0.2) is 30.3 Å². The average Bonchev–Trinajstić information content (AvgIpc) is 2.40.